The van der Waals surface area contributed by atoms with Gasteiger partial charge < -0.3 is 5.11 Å². The van der Waals surface area contributed by atoms with Crippen molar-refractivity contribution in [2.75, 3.05) is 10.4 Å². The number of anilines is 1. The van der Waals surface area contributed by atoms with Crippen molar-refractivity contribution < 1.29 is 24.3 Å². The average Bonchev–Trinajstić information content (AvgIpc) is 3.24. The minimum atomic E-state index is -1.95. The number of aromatic hydroxyl groups is 1. The van der Waals surface area contributed by atoms with Crippen molar-refractivity contribution in [2.24, 2.45) is 17.8 Å². The van der Waals surface area contributed by atoms with Crippen LogP contribution in [0.2, 0.25) is 0 Å². The zero-order chi connectivity index (χ0) is 28.0. The highest BCUT2D eigenvalue weighted by Crippen LogP contribution is 2.66. The quantitative estimate of drug-likeness (QED) is 0.201. The number of amides is 4. The van der Waals surface area contributed by atoms with E-state index in [0.717, 1.165) is 9.37 Å². The molecule has 4 amide bonds. The number of benzene rings is 2. The van der Waals surface area contributed by atoms with E-state index in [1.807, 2.05) is 6.08 Å². The Morgan fingerprint density at radius 1 is 1.00 bits per heavy atom. The van der Waals surface area contributed by atoms with Crippen LogP contribution in [0.5, 0.6) is 5.75 Å². The fourth-order valence-corrected chi connectivity index (χ4v) is 8.54. The van der Waals surface area contributed by atoms with Crippen LogP contribution in [-0.4, -0.2) is 48.8 Å². The Kier molecular flexibility index (Phi) is 6.34. The number of rotatable bonds is 3. The van der Waals surface area contributed by atoms with Gasteiger partial charge in [-0.1, -0.05) is 61.7 Å². The van der Waals surface area contributed by atoms with Gasteiger partial charge in [0.2, 0.25) is 11.8 Å². The summed E-state index contributed by atoms with van der Waals surface area (Å²) in [6.07, 6.45) is 2.00. The second kappa shape index (κ2) is 9.16. The molecular weight excluding hydrogens is 675 g/mol. The van der Waals surface area contributed by atoms with Crippen LogP contribution in [0, 0.1) is 24.7 Å². The van der Waals surface area contributed by atoms with Crippen molar-refractivity contribution in [1.29, 1.82) is 0 Å². The molecule has 7 nitrogen and oxygen atoms in total. The number of likely N-dealkylation sites (tertiary alicyclic amines) is 1. The summed E-state index contributed by atoms with van der Waals surface area (Å²) < 4.78 is 0.808. The molecule has 0 spiro atoms. The number of nitrogens with zero attached hydrogens (tertiary/aromatic N) is 2. The van der Waals surface area contributed by atoms with Gasteiger partial charge in [0.1, 0.15) is 5.75 Å². The lowest BCUT2D eigenvalue weighted by Crippen LogP contribution is -2.60. The van der Waals surface area contributed by atoms with Crippen molar-refractivity contribution in [3.8, 4) is 5.75 Å². The normalized spacial score (nSPS) is 33.7. The van der Waals surface area contributed by atoms with Gasteiger partial charge in [0.25, 0.3) is 11.8 Å². The number of imide groups is 2. The smallest absolute Gasteiger partial charge is 0.254 e. The van der Waals surface area contributed by atoms with Crippen LogP contribution < -0.4 is 4.90 Å². The van der Waals surface area contributed by atoms with E-state index in [2.05, 4.69) is 31.9 Å². The van der Waals surface area contributed by atoms with Gasteiger partial charge in [-0.15, -0.1) is 23.2 Å². The zero-order valence-corrected chi connectivity index (χ0v) is 25.2. The molecule has 11 heteroatoms. The first-order valence-electron chi connectivity index (χ1n) is 12.4. The maximum atomic E-state index is 14.0. The molecule has 0 aromatic heterocycles. The van der Waals surface area contributed by atoms with Gasteiger partial charge in [0.05, 0.1) is 23.0 Å². The minimum Gasteiger partial charge on any atom is -0.507 e. The number of phenols is 1. The summed E-state index contributed by atoms with van der Waals surface area (Å²) in [7, 11) is 0. The lowest BCUT2D eigenvalue weighted by molar-refractivity contribution is -0.138. The molecule has 2 saturated heterocycles. The van der Waals surface area contributed by atoms with Gasteiger partial charge in [0, 0.05) is 16.0 Å². The summed E-state index contributed by atoms with van der Waals surface area (Å²) in [5.74, 6) is -5.19. The van der Waals surface area contributed by atoms with Crippen LogP contribution in [0.3, 0.4) is 0 Å². The number of aryl methyl sites for hydroxylation is 1. The maximum absolute atomic E-state index is 14.0. The number of hydrogen-bond acceptors (Lipinski definition) is 5. The van der Waals surface area contributed by atoms with E-state index in [9.17, 15) is 24.3 Å². The minimum absolute atomic E-state index is 0.0620. The number of hydrogen-bond donors (Lipinski definition) is 1. The molecule has 3 fully saturated rings. The molecule has 0 radical (unpaired) electrons. The third kappa shape index (κ3) is 3.46. The van der Waals surface area contributed by atoms with Crippen LogP contribution in [0.1, 0.15) is 29.9 Å². The fraction of sp³-hybridized carbons (Fsp3) is 0.357. The van der Waals surface area contributed by atoms with Crippen molar-refractivity contribution >= 4 is 84.4 Å². The molecule has 2 aromatic rings. The zero-order valence-electron chi connectivity index (χ0n) is 20.5. The number of halogens is 4. The molecular formula is C28H22Br2Cl2N2O5. The molecule has 1 saturated carbocycles. The van der Waals surface area contributed by atoms with E-state index in [0.29, 0.717) is 22.4 Å². The molecule has 1 N–H and O–H groups in total. The van der Waals surface area contributed by atoms with Crippen molar-refractivity contribution in [2.45, 2.75) is 35.4 Å². The first-order valence-corrected chi connectivity index (χ1v) is 15.1. The van der Waals surface area contributed by atoms with Crippen LogP contribution in [0.4, 0.5) is 5.69 Å². The largest absolute Gasteiger partial charge is 0.507 e. The SMILES string of the molecule is Cc1cccc(C2C3=CCC4C(=O)N(c5ccc(Br)cc5)C(=O)C4C3CC3(Cl)C(=O)N(CBr)C(=O)C23Cl)c1O. The molecule has 2 aliphatic carbocycles. The van der Waals surface area contributed by atoms with Gasteiger partial charge in [-0.05, 0) is 55.5 Å². The number of para-hydroxylation sites is 1. The third-order valence-corrected chi connectivity index (χ3v) is 11.1. The molecule has 2 aliphatic heterocycles. The number of phenolic OH excluding ortho intramolecular Hbond substituents is 1. The summed E-state index contributed by atoms with van der Waals surface area (Å²) >= 11 is 21.0. The first-order chi connectivity index (χ1) is 18.5. The lowest BCUT2D eigenvalue weighted by atomic mass is 9.56. The molecule has 202 valence electrons. The third-order valence-electron chi connectivity index (χ3n) is 8.68. The predicted octanol–water partition coefficient (Wildman–Crippen LogP) is 5.38. The average molecular weight is 697 g/mol. The Bertz CT molecular complexity index is 1500. The Morgan fingerprint density at radius 3 is 2.36 bits per heavy atom. The summed E-state index contributed by atoms with van der Waals surface area (Å²) in [4.78, 5) is 53.3. The van der Waals surface area contributed by atoms with Crippen LogP contribution in [0.15, 0.2) is 58.6 Å². The van der Waals surface area contributed by atoms with Crippen LogP contribution >= 0.6 is 55.1 Å². The monoisotopic (exact) mass is 694 g/mol. The number of carbonyl (C=O) groups is 4. The van der Waals surface area contributed by atoms with Crippen LogP contribution in [-0.2, 0) is 19.2 Å². The van der Waals surface area contributed by atoms with E-state index in [1.54, 1.807) is 49.4 Å². The topological polar surface area (TPSA) is 95.0 Å². The lowest BCUT2D eigenvalue weighted by Gasteiger charge is -2.50. The van der Waals surface area contributed by atoms with E-state index < -0.39 is 45.2 Å². The molecule has 2 aromatic carbocycles. The molecule has 4 aliphatic rings. The fourth-order valence-electron chi connectivity index (χ4n) is 6.86. The molecule has 6 atom stereocenters. The summed E-state index contributed by atoms with van der Waals surface area (Å²) in [5.41, 5.74) is 1.90. The first kappa shape index (κ1) is 27.0. The Labute approximate surface area is 251 Å². The molecule has 6 unspecified atom stereocenters. The number of fused-ring (bicyclic) bond motifs is 4. The number of allylic oxidation sites excluding steroid dienone is 2. The maximum Gasteiger partial charge on any atom is 0.254 e. The van der Waals surface area contributed by atoms with Crippen LogP contribution in [0.25, 0.3) is 0 Å². The van der Waals surface area contributed by atoms with Crippen molar-refractivity contribution in [3.63, 3.8) is 0 Å². The predicted molar refractivity (Wildman–Crippen MR) is 153 cm³/mol. The van der Waals surface area contributed by atoms with E-state index >= 15 is 0 Å². The Hall–Kier alpha value is -2.20. The molecule has 0 bridgehead atoms. The van der Waals surface area contributed by atoms with E-state index in [4.69, 9.17) is 23.2 Å². The van der Waals surface area contributed by atoms with Gasteiger partial charge in [0.15, 0.2) is 9.75 Å². The molecule has 39 heavy (non-hydrogen) atoms. The number of carbonyl (C=O) groups excluding carboxylic acids is 4. The highest BCUT2D eigenvalue weighted by molar-refractivity contribution is 9.10. The van der Waals surface area contributed by atoms with Gasteiger partial charge in [-0.3, -0.25) is 29.0 Å². The highest BCUT2D eigenvalue weighted by atomic mass is 79.9. The van der Waals surface area contributed by atoms with Gasteiger partial charge in [-0.2, -0.15) is 0 Å². The highest BCUT2D eigenvalue weighted by Gasteiger charge is 2.76. The Morgan fingerprint density at radius 2 is 1.69 bits per heavy atom. The van der Waals surface area contributed by atoms with Crippen molar-refractivity contribution in [1.82, 2.24) is 4.90 Å². The summed E-state index contributed by atoms with van der Waals surface area (Å²) in [6, 6.07) is 12.0. The number of alkyl halides is 3. The van der Waals surface area contributed by atoms with Gasteiger partial charge >= 0.3 is 0 Å². The van der Waals surface area contributed by atoms with E-state index in [1.165, 1.54) is 4.90 Å². The second-order valence-electron chi connectivity index (χ2n) is 10.5. The molecule has 2 heterocycles. The summed E-state index contributed by atoms with van der Waals surface area (Å²) in [5, 5.41) is 11.1. The van der Waals surface area contributed by atoms with Gasteiger partial charge in [-0.25, -0.2) is 0 Å². The van der Waals surface area contributed by atoms with Crippen molar-refractivity contribution in [3.05, 3.63) is 69.7 Å². The standard InChI is InChI=1S/C28H22Br2Cl2N2O5/c1-13-3-2-4-18(22(13)35)21-16-9-10-17-20(24(37)34(23(17)36)15-7-5-14(30)6-8-15)19(16)11-27(31)25(38)33(12-29)26(39)28(21,27)32/h2-9,17,19-21,35H,10-12H2,1H3. The van der Waals surface area contributed by atoms with E-state index in [-0.39, 0.29) is 35.9 Å². The summed E-state index contributed by atoms with van der Waals surface area (Å²) in [6.45, 7) is 1.72. The Balaban J connectivity index is 1.53. The second-order valence-corrected chi connectivity index (χ2v) is 13.1. The molecule has 6 rings (SSSR count).